The largest absolute Gasteiger partial charge is 0.510 e. The van der Waals surface area contributed by atoms with Crippen molar-refractivity contribution < 1.29 is 38.2 Å². The minimum atomic E-state index is -1.96. The number of amides is 2. The first-order valence-corrected chi connectivity index (χ1v) is 18.1. The first-order chi connectivity index (χ1) is 25.0. The smallest absolute Gasteiger partial charge is 0.457 e. The molecule has 2 amide bonds. The Morgan fingerprint density at radius 2 is 1.90 bits per heavy atom. The predicted octanol–water partition coefficient (Wildman–Crippen LogP) is 4.79. The van der Waals surface area contributed by atoms with Crippen molar-refractivity contribution in [3.63, 3.8) is 0 Å². The lowest BCUT2D eigenvalue weighted by Crippen LogP contribution is -2.49. The maximum Gasteiger partial charge on any atom is 0.510 e. The number of hydrogen-bond donors (Lipinski definition) is 2. The summed E-state index contributed by atoms with van der Waals surface area (Å²) in [6.07, 6.45) is 4.48. The van der Waals surface area contributed by atoms with Gasteiger partial charge in [0.05, 0.1) is 23.5 Å². The van der Waals surface area contributed by atoms with Gasteiger partial charge < -0.3 is 29.7 Å². The van der Waals surface area contributed by atoms with Gasteiger partial charge in [-0.3, -0.25) is 14.4 Å². The molecule has 2 aromatic carbocycles. The summed E-state index contributed by atoms with van der Waals surface area (Å²) in [5.74, 6) is -1.22. The van der Waals surface area contributed by atoms with Crippen LogP contribution < -0.4 is 10.6 Å². The molecule has 13 nitrogen and oxygen atoms in total. The summed E-state index contributed by atoms with van der Waals surface area (Å²) in [6, 6.07) is 14.9. The zero-order valence-corrected chi connectivity index (χ0v) is 30.7. The molecule has 3 heterocycles. The molecule has 52 heavy (non-hydrogen) atoms. The number of fused-ring (bicyclic) bond motifs is 2. The molecule has 0 bridgehead atoms. The van der Waals surface area contributed by atoms with E-state index in [0.29, 0.717) is 42.2 Å². The van der Waals surface area contributed by atoms with Crippen molar-refractivity contribution in [2.24, 2.45) is 0 Å². The third kappa shape index (κ3) is 8.13. The number of esters is 1. The van der Waals surface area contributed by atoms with Crippen molar-refractivity contribution >= 4 is 65.0 Å². The van der Waals surface area contributed by atoms with Gasteiger partial charge in [-0.25, -0.2) is 18.9 Å². The van der Waals surface area contributed by atoms with Crippen LogP contribution in [0.5, 0.6) is 0 Å². The minimum Gasteiger partial charge on any atom is -0.457 e. The van der Waals surface area contributed by atoms with E-state index in [-0.39, 0.29) is 37.3 Å². The number of aldehydes is 1. The Morgan fingerprint density at radius 3 is 2.58 bits per heavy atom. The van der Waals surface area contributed by atoms with Crippen molar-refractivity contribution in [1.29, 1.82) is 0 Å². The zero-order valence-electron chi connectivity index (χ0n) is 29.9. The standard InChI is InChI=1S/C38H43N5O8S/c1-6-38(51-37(48)50-21-25-11-13-27(14-12-25)40-34(46)18-39-23-45)31(26(20-44)22-49-36(38)47)17-33-35-30(19-42(33)4)28(15-16-43(52-5)24(2)3)29-9-7-8-10-32(29)41-35/h7-14,17,20,23-24H,6,15-16,18-19,21-22H2,1-5H3,(H,39,45)(H,40,46)/b33-17-/t38-/m0/s1. The number of nitrogens with zero attached hydrogens (tertiary/aromatic N) is 3. The van der Waals surface area contributed by atoms with Crippen molar-refractivity contribution in [1.82, 2.24) is 19.5 Å². The number of benzene rings is 2. The number of para-hydroxylation sites is 1. The Balaban J connectivity index is 1.44. The number of hydrogen-bond acceptors (Lipinski definition) is 12. The number of anilines is 1. The average molecular weight is 730 g/mol. The maximum absolute atomic E-state index is 13.6. The van der Waals surface area contributed by atoms with Gasteiger partial charge in [-0.1, -0.05) is 49.2 Å². The van der Waals surface area contributed by atoms with Crippen LogP contribution in [-0.4, -0.2) is 89.6 Å². The Hall–Kier alpha value is -5.21. The number of carbonyl (C=O) groups excluding carboxylic acids is 5. The van der Waals surface area contributed by atoms with Gasteiger partial charge >= 0.3 is 12.1 Å². The van der Waals surface area contributed by atoms with E-state index >= 15 is 0 Å². The number of carbonyl (C=O) groups is 5. The van der Waals surface area contributed by atoms with Gasteiger partial charge in [0.2, 0.25) is 17.9 Å². The van der Waals surface area contributed by atoms with Crippen LogP contribution >= 0.6 is 11.9 Å². The van der Waals surface area contributed by atoms with E-state index in [0.717, 1.165) is 35.1 Å². The molecule has 2 aliphatic heterocycles. The molecule has 0 radical (unpaired) electrons. The van der Waals surface area contributed by atoms with Crippen LogP contribution in [-0.2, 0) is 53.0 Å². The summed E-state index contributed by atoms with van der Waals surface area (Å²) in [5.41, 5.74) is 3.98. The SMILES string of the molecule is CC[C@@]1(OC(=O)OCc2ccc(NC(=O)CNC=O)cc2)C(=O)OCC(C=O)=C1/C=C1/c2nc3ccccc3c(CCN(SC)C(C)C)c2CN1C. The molecule has 0 fully saturated rings. The van der Waals surface area contributed by atoms with Gasteiger partial charge in [-0.2, -0.15) is 0 Å². The molecule has 0 unspecified atom stereocenters. The maximum atomic E-state index is 13.6. The molecule has 14 heteroatoms. The fraction of sp³-hybridized carbons (Fsp3) is 0.368. The van der Waals surface area contributed by atoms with Crippen molar-refractivity contribution in [2.45, 2.75) is 58.4 Å². The highest BCUT2D eigenvalue weighted by Crippen LogP contribution is 2.41. The van der Waals surface area contributed by atoms with Gasteiger partial charge in [-0.05, 0) is 68.3 Å². The summed E-state index contributed by atoms with van der Waals surface area (Å²) in [5, 5.41) is 5.99. The lowest BCUT2D eigenvalue weighted by molar-refractivity contribution is -0.165. The van der Waals surface area contributed by atoms with Crippen LogP contribution in [0.2, 0.25) is 0 Å². The Kier molecular flexibility index (Phi) is 12.3. The normalized spacial score (nSPS) is 17.7. The molecule has 2 aliphatic rings. The van der Waals surface area contributed by atoms with Crippen LogP contribution in [0.4, 0.5) is 10.5 Å². The van der Waals surface area contributed by atoms with Crippen LogP contribution in [0.1, 0.15) is 49.6 Å². The van der Waals surface area contributed by atoms with Gasteiger partial charge in [-0.15, -0.1) is 0 Å². The molecule has 0 saturated carbocycles. The van der Waals surface area contributed by atoms with Crippen LogP contribution in [0, 0.1) is 0 Å². The third-order valence-corrected chi connectivity index (χ3v) is 10.2. The molecule has 2 N–H and O–H groups in total. The zero-order chi connectivity index (χ0) is 37.4. The van der Waals surface area contributed by atoms with E-state index in [9.17, 15) is 24.0 Å². The Morgan fingerprint density at radius 1 is 1.15 bits per heavy atom. The van der Waals surface area contributed by atoms with Crippen LogP contribution in [0.25, 0.3) is 16.6 Å². The number of rotatable bonds is 15. The molecule has 0 aliphatic carbocycles. The highest BCUT2D eigenvalue weighted by atomic mass is 32.2. The van der Waals surface area contributed by atoms with Crippen molar-refractivity contribution in [3.8, 4) is 0 Å². The molecule has 3 aromatic rings. The van der Waals surface area contributed by atoms with Crippen LogP contribution in [0.15, 0.2) is 65.8 Å². The lowest BCUT2D eigenvalue weighted by atomic mass is 9.84. The topological polar surface area (TPSA) is 156 Å². The second-order valence-electron chi connectivity index (χ2n) is 12.7. The third-order valence-electron chi connectivity index (χ3n) is 9.14. The molecule has 0 spiro atoms. The van der Waals surface area contributed by atoms with E-state index in [1.165, 1.54) is 5.56 Å². The second-order valence-corrected chi connectivity index (χ2v) is 13.5. The number of nitrogens with one attached hydrogen (secondary N) is 2. The summed E-state index contributed by atoms with van der Waals surface area (Å²) >= 11 is 1.71. The first kappa shape index (κ1) is 38.0. The van der Waals surface area contributed by atoms with Gasteiger partial charge in [0.25, 0.3) is 0 Å². The number of aromatic nitrogens is 1. The van der Waals surface area contributed by atoms with Crippen molar-refractivity contribution in [3.05, 3.63) is 88.1 Å². The van der Waals surface area contributed by atoms with Gasteiger partial charge in [0.1, 0.15) is 19.5 Å². The molecule has 5 rings (SSSR count). The molecule has 1 atom stereocenters. The van der Waals surface area contributed by atoms with Gasteiger partial charge in [0, 0.05) is 54.0 Å². The summed E-state index contributed by atoms with van der Waals surface area (Å²) < 4.78 is 19.0. The molecule has 274 valence electrons. The average Bonchev–Trinajstić information content (AvgIpc) is 3.45. The van der Waals surface area contributed by atoms with Crippen LogP contribution in [0.3, 0.4) is 0 Å². The summed E-state index contributed by atoms with van der Waals surface area (Å²) in [6.45, 7) is 6.76. The molecular weight excluding hydrogens is 687 g/mol. The van der Waals surface area contributed by atoms with E-state index in [4.69, 9.17) is 19.2 Å². The minimum absolute atomic E-state index is 0.0303. The summed E-state index contributed by atoms with van der Waals surface area (Å²) in [4.78, 5) is 68.6. The number of cyclic esters (lactones) is 1. The molecule has 0 saturated heterocycles. The number of ether oxygens (including phenoxy) is 3. The second kappa shape index (κ2) is 16.9. The first-order valence-electron chi connectivity index (χ1n) is 17.0. The Bertz CT molecular complexity index is 1910. The Labute approximate surface area is 306 Å². The molecule has 1 aromatic heterocycles. The highest BCUT2D eigenvalue weighted by Gasteiger charge is 2.50. The summed E-state index contributed by atoms with van der Waals surface area (Å²) in [7, 11) is 1.92. The predicted molar refractivity (Wildman–Crippen MR) is 198 cm³/mol. The fourth-order valence-electron chi connectivity index (χ4n) is 6.44. The number of pyridine rings is 1. The van der Waals surface area contributed by atoms with E-state index < -0.39 is 23.6 Å². The van der Waals surface area contributed by atoms with Crippen molar-refractivity contribution in [2.75, 3.05) is 38.3 Å². The molecular formula is C38H43N5O8S. The van der Waals surface area contributed by atoms with E-state index in [1.807, 2.05) is 30.1 Å². The van der Waals surface area contributed by atoms with E-state index in [2.05, 4.69) is 41.1 Å². The highest BCUT2D eigenvalue weighted by molar-refractivity contribution is 7.96. The van der Waals surface area contributed by atoms with Gasteiger partial charge in [0.15, 0.2) is 0 Å². The fourth-order valence-corrected chi connectivity index (χ4v) is 7.14. The van der Waals surface area contributed by atoms with E-state index in [1.54, 1.807) is 49.2 Å². The monoisotopic (exact) mass is 729 g/mol. The lowest BCUT2D eigenvalue weighted by Gasteiger charge is -2.35. The quantitative estimate of drug-likeness (QED) is 0.126.